The van der Waals surface area contributed by atoms with Crippen LogP contribution in [0.2, 0.25) is 0 Å². The topological polar surface area (TPSA) is 65.2 Å². The molecule has 0 atom stereocenters. The fourth-order valence-corrected chi connectivity index (χ4v) is 4.88. The molecule has 2 aliphatic rings. The number of carbonyl (C=O) groups excluding carboxylic acids is 1. The normalized spacial score (nSPS) is 20.6. The molecule has 0 radical (unpaired) electrons. The van der Waals surface area contributed by atoms with Gasteiger partial charge in [0.15, 0.2) is 5.58 Å². The highest BCUT2D eigenvalue weighted by molar-refractivity contribution is 9.11. The average Bonchev–Trinajstić information content (AvgIpc) is 3.22. The molecule has 0 bridgehead atoms. The van der Waals surface area contributed by atoms with Crippen molar-refractivity contribution >= 4 is 39.5 Å². The first kappa shape index (κ1) is 21.1. The predicted molar refractivity (Wildman–Crippen MR) is 122 cm³/mol. The lowest BCUT2D eigenvalue weighted by Gasteiger charge is -2.35. The van der Waals surface area contributed by atoms with Gasteiger partial charge in [-0.15, -0.1) is 0 Å². The molecule has 2 aliphatic heterocycles. The molecule has 0 spiro atoms. The molecule has 4 rings (SSSR count). The van der Waals surface area contributed by atoms with E-state index in [1.165, 1.54) is 0 Å². The van der Waals surface area contributed by atoms with E-state index in [0.29, 0.717) is 10.5 Å². The molecule has 0 unspecified atom stereocenters. The molecule has 1 aromatic carbocycles. The van der Waals surface area contributed by atoms with Gasteiger partial charge in [-0.05, 0) is 66.8 Å². The number of aromatic nitrogens is 1. The van der Waals surface area contributed by atoms with E-state index in [2.05, 4.69) is 43.9 Å². The van der Waals surface area contributed by atoms with Crippen LogP contribution in [-0.4, -0.2) is 72.4 Å². The summed E-state index contributed by atoms with van der Waals surface area (Å²) < 4.78 is 6.21. The van der Waals surface area contributed by atoms with Crippen molar-refractivity contribution < 1.29 is 9.32 Å². The zero-order valence-electron chi connectivity index (χ0n) is 17.4. The Morgan fingerprint density at radius 1 is 1.30 bits per heavy atom. The number of hydrazone groups is 1. The minimum Gasteiger partial charge on any atom is -0.356 e. The van der Waals surface area contributed by atoms with E-state index in [1.807, 2.05) is 23.1 Å². The van der Waals surface area contributed by atoms with Crippen LogP contribution in [0.25, 0.3) is 11.0 Å². The standard InChI is InChI=1S/C22H28BrN5O2/c1-24-26(2)21(23)18-7-5-11-28(22(18)29)15-14-27-12-9-16(10-13-27)20-17-6-3-4-8-19(17)30-25-20/h3-4,6,8,16H,1,5,7,9-15H2,2H3/b21-18+. The summed E-state index contributed by atoms with van der Waals surface area (Å²) in [6.07, 6.45) is 3.88. The Labute approximate surface area is 185 Å². The molecule has 1 amide bonds. The number of carbonyl (C=O) groups is 1. The minimum absolute atomic E-state index is 0.104. The van der Waals surface area contributed by atoms with E-state index < -0.39 is 0 Å². The van der Waals surface area contributed by atoms with Crippen LogP contribution in [0.4, 0.5) is 0 Å². The number of para-hydroxylation sites is 1. The molecule has 8 heteroatoms. The van der Waals surface area contributed by atoms with Crippen molar-refractivity contribution in [3.8, 4) is 0 Å². The highest BCUT2D eigenvalue weighted by Crippen LogP contribution is 2.32. The van der Waals surface area contributed by atoms with Gasteiger partial charge in [0.25, 0.3) is 5.91 Å². The predicted octanol–water partition coefficient (Wildman–Crippen LogP) is 3.78. The van der Waals surface area contributed by atoms with E-state index in [0.717, 1.165) is 80.6 Å². The van der Waals surface area contributed by atoms with Crippen molar-refractivity contribution in [3.05, 3.63) is 40.1 Å². The van der Waals surface area contributed by atoms with Crippen LogP contribution in [0.1, 0.15) is 37.3 Å². The van der Waals surface area contributed by atoms with Gasteiger partial charge >= 0.3 is 0 Å². The number of fused-ring (bicyclic) bond motifs is 1. The molecule has 30 heavy (non-hydrogen) atoms. The van der Waals surface area contributed by atoms with Crippen LogP contribution in [0.15, 0.2) is 44.1 Å². The lowest BCUT2D eigenvalue weighted by atomic mass is 9.91. The third-order valence-corrected chi connectivity index (χ3v) is 7.20. The van der Waals surface area contributed by atoms with Gasteiger partial charge in [0.2, 0.25) is 0 Å². The molecule has 7 nitrogen and oxygen atoms in total. The summed E-state index contributed by atoms with van der Waals surface area (Å²) in [5, 5.41) is 11.0. The second-order valence-corrected chi connectivity index (χ2v) is 8.76. The summed E-state index contributed by atoms with van der Waals surface area (Å²) in [6.45, 7) is 8.04. The molecular formula is C22H28BrN5O2. The van der Waals surface area contributed by atoms with Crippen molar-refractivity contribution in [1.29, 1.82) is 0 Å². The molecular weight excluding hydrogens is 446 g/mol. The van der Waals surface area contributed by atoms with Crippen molar-refractivity contribution in [3.63, 3.8) is 0 Å². The van der Waals surface area contributed by atoms with E-state index in [9.17, 15) is 4.79 Å². The van der Waals surface area contributed by atoms with Crippen LogP contribution >= 0.6 is 15.9 Å². The first-order valence-electron chi connectivity index (χ1n) is 10.5. The molecule has 160 valence electrons. The Balaban J connectivity index is 1.31. The monoisotopic (exact) mass is 473 g/mol. The number of nitrogens with zero attached hydrogens (tertiary/aromatic N) is 5. The van der Waals surface area contributed by atoms with Crippen molar-refractivity contribution in [2.75, 3.05) is 39.8 Å². The summed E-state index contributed by atoms with van der Waals surface area (Å²) in [5.41, 5.74) is 2.75. The van der Waals surface area contributed by atoms with Gasteiger partial charge in [0, 0.05) is 50.3 Å². The molecule has 0 N–H and O–H groups in total. The number of likely N-dealkylation sites (tertiary alicyclic amines) is 2. The van der Waals surface area contributed by atoms with E-state index in [1.54, 1.807) is 12.1 Å². The van der Waals surface area contributed by atoms with Crippen LogP contribution in [0, 0.1) is 0 Å². The first-order chi connectivity index (χ1) is 14.6. The number of benzene rings is 1. The maximum Gasteiger partial charge on any atom is 0.252 e. The summed E-state index contributed by atoms with van der Waals surface area (Å²) in [4.78, 5) is 17.3. The summed E-state index contributed by atoms with van der Waals surface area (Å²) in [6, 6.07) is 8.09. The highest BCUT2D eigenvalue weighted by Gasteiger charge is 2.28. The largest absolute Gasteiger partial charge is 0.356 e. The second-order valence-electron chi connectivity index (χ2n) is 8.01. The fourth-order valence-electron chi connectivity index (χ4n) is 4.40. The fraction of sp³-hybridized carbons (Fsp3) is 0.500. The van der Waals surface area contributed by atoms with Crippen molar-refractivity contribution in [2.24, 2.45) is 5.10 Å². The summed E-state index contributed by atoms with van der Waals surface area (Å²) >= 11 is 3.50. The minimum atomic E-state index is 0.104. The molecule has 0 saturated carbocycles. The van der Waals surface area contributed by atoms with E-state index in [4.69, 9.17) is 4.52 Å². The number of hydrogen-bond donors (Lipinski definition) is 0. The van der Waals surface area contributed by atoms with Crippen LogP contribution < -0.4 is 0 Å². The third-order valence-electron chi connectivity index (χ3n) is 6.21. The lowest BCUT2D eigenvalue weighted by Crippen LogP contribution is -2.44. The number of hydrogen-bond acceptors (Lipinski definition) is 6. The molecule has 2 fully saturated rings. The summed E-state index contributed by atoms with van der Waals surface area (Å²) in [7, 11) is 1.79. The second kappa shape index (κ2) is 9.31. The average molecular weight is 474 g/mol. The maximum atomic E-state index is 12.9. The maximum absolute atomic E-state index is 12.9. The zero-order valence-corrected chi connectivity index (χ0v) is 19.0. The number of halogens is 1. The van der Waals surface area contributed by atoms with Crippen LogP contribution in [0.3, 0.4) is 0 Å². The highest BCUT2D eigenvalue weighted by atomic mass is 79.9. The van der Waals surface area contributed by atoms with Gasteiger partial charge in [-0.25, -0.2) is 0 Å². The van der Waals surface area contributed by atoms with Crippen molar-refractivity contribution in [2.45, 2.75) is 31.6 Å². The molecule has 1 aromatic heterocycles. The smallest absolute Gasteiger partial charge is 0.252 e. The van der Waals surface area contributed by atoms with E-state index >= 15 is 0 Å². The van der Waals surface area contributed by atoms with Gasteiger partial charge in [-0.2, -0.15) is 5.10 Å². The summed E-state index contributed by atoms with van der Waals surface area (Å²) in [5.74, 6) is 0.543. The third kappa shape index (κ3) is 4.30. The quantitative estimate of drug-likeness (QED) is 0.276. The Morgan fingerprint density at radius 3 is 2.83 bits per heavy atom. The Morgan fingerprint density at radius 2 is 2.07 bits per heavy atom. The van der Waals surface area contributed by atoms with Crippen LogP contribution in [-0.2, 0) is 4.79 Å². The van der Waals surface area contributed by atoms with Crippen LogP contribution in [0.5, 0.6) is 0 Å². The van der Waals surface area contributed by atoms with Gasteiger partial charge in [0.1, 0.15) is 4.61 Å². The molecule has 0 aliphatic carbocycles. The Kier molecular flexibility index (Phi) is 6.53. The zero-order chi connectivity index (χ0) is 21.1. The molecule has 2 aromatic rings. The SMILES string of the molecule is C=NN(C)/C(Br)=C1\CCCN(CCN2CCC(c3noc4ccccc34)CC2)C1=O. The van der Waals surface area contributed by atoms with Crippen molar-refractivity contribution in [1.82, 2.24) is 20.0 Å². The van der Waals surface area contributed by atoms with E-state index in [-0.39, 0.29) is 5.91 Å². The Hall–Kier alpha value is -2.19. The molecule has 2 saturated heterocycles. The number of amides is 1. The first-order valence-corrected chi connectivity index (χ1v) is 11.3. The lowest BCUT2D eigenvalue weighted by molar-refractivity contribution is -0.129. The number of piperidine rings is 2. The van der Waals surface area contributed by atoms with Gasteiger partial charge in [0.05, 0.1) is 5.69 Å². The number of rotatable bonds is 6. The molecule has 3 heterocycles. The Bertz CT molecular complexity index is 948. The van der Waals surface area contributed by atoms with Gasteiger partial charge in [-0.1, -0.05) is 17.3 Å². The van der Waals surface area contributed by atoms with Gasteiger partial charge in [-0.3, -0.25) is 9.80 Å². The van der Waals surface area contributed by atoms with Gasteiger partial charge < -0.3 is 14.3 Å².